The van der Waals surface area contributed by atoms with E-state index in [1.165, 1.54) is 51.4 Å². The fourth-order valence-electron chi connectivity index (χ4n) is 5.15. The molecule has 2 fully saturated rings. The molecule has 34 heavy (non-hydrogen) atoms. The number of nitrogens with one attached hydrogen (secondary N) is 3. The predicted octanol–water partition coefficient (Wildman–Crippen LogP) is 6.17. The molecule has 5 rings (SSSR count). The minimum absolute atomic E-state index is 0.220. The number of rotatable bonds is 7. The Labute approximate surface area is 201 Å². The van der Waals surface area contributed by atoms with Gasteiger partial charge in [-0.15, -0.1) is 0 Å². The van der Waals surface area contributed by atoms with Crippen LogP contribution in [0.3, 0.4) is 0 Å². The van der Waals surface area contributed by atoms with Gasteiger partial charge in [0.05, 0.1) is 9.79 Å². The van der Waals surface area contributed by atoms with E-state index < -0.39 is 9.84 Å². The van der Waals surface area contributed by atoms with Crippen molar-refractivity contribution in [2.45, 2.75) is 86.0 Å². The zero-order chi connectivity index (χ0) is 23.4. The lowest BCUT2D eigenvalue weighted by Crippen LogP contribution is -2.23. The molecule has 0 bridgehead atoms. The first kappa shape index (κ1) is 22.9. The Hall–Kier alpha value is -2.87. The zero-order valence-corrected chi connectivity index (χ0v) is 20.3. The van der Waals surface area contributed by atoms with E-state index in [-0.39, 0.29) is 9.79 Å². The largest absolute Gasteiger partial charge is 0.367 e. The summed E-state index contributed by atoms with van der Waals surface area (Å²) in [4.78, 5) is 5.20. The van der Waals surface area contributed by atoms with Crippen LogP contribution in [0.2, 0.25) is 0 Å². The van der Waals surface area contributed by atoms with Crippen molar-refractivity contribution in [2.75, 3.05) is 10.6 Å². The molecule has 0 radical (unpaired) electrons. The van der Waals surface area contributed by atoms with Crippen molar-refractivity contribution >= 4 is 27.3 Å². The van der Waals surface area contributed by atoms with E-state index in [4.69, 9.17) is 4.98 Å². The lowest BCUT2D eigenvalue weighted by molar-refractivity contribution is 0.436. The van der Waals surface area contributed by atoms with Crippen molar-refractivity contribution in [1.82, 2.24) is 15.2 Å². The second kappa shape index (κ2) is 10.2. The van der Waals surface area contributed by atoms with E-state index in [9.17, 15) is 8.42 Å². The van der Waals surface area contributed by atoms with E-state index >= 15 is 0 Å². The van der Waals surface area contributed by atoms with Gasteiger partial charge in [-0.3, -0.25) is 5.10 Å². The van der Waals surface area contributed by atoms with Gasteiger partial charge in [-0.1, -0.05) is 56.7 Å². The SMILES string of the molecule is O=S(=O)(c1ccccc1)c1cc(Nc2cc(C3CCCCC3)[nH]n2)nc(NC2CCCCC2)c1. The molecule has 0 unspecified atom stereocenters. The maximum absolute atomic E-state index is 13.4. The molecule has 2 aromatic heterocycles. The highest BCUT2D eigenvalue weighted by atomic mass is 32.2. The minimum atomic E-state index is -3.68. The number of aromatic amines is 1. The van der Waals surface area contributed by atoms with Crippen molar-refractivity contribution in [3.8, 4) is 0 Å². The van der Waals surface area contributed by atoms with Gasteiger partial charge in [0.2, 0.25) is 9.84 Å². The Bertz CT molecular complexity index is 1200. The summed E-state index contributed by atoms with van der Waals surface area (Å²) in [6.45, 7) is 0. The molecule has 2 aliphatic rings. The molecule has 0 aliphatic heterocycles. The Morgan fingerprint density at radius 1 is 0.765 bits per heavy atom. The molecular formula is C26H33N5O2S. The van der Waals surface area contributed by atoms with Crippen LogP contribution in [0.25, 0.3) is 0 Å². The molecule has 2 saturated carbocycles. The van der Waals surface area contributed by atoms with Crippen molar-refractivity contribution in [3.05, 3.63) is 54.2 Å². The van der Waals surface area contributed by atoms with Crippen LogP contribution in [-0.4, -0.2) is 29.6 Å². The van der Waals surface area contributed by atoms with Gasteiger partial charge in [-0.05, 0) is 43.9 Å². The lowest BCUT2D eigenvalue weighted by atomic mass is 9.87. The standard InChI is InChI=1S/C26H33N5O2S/c32-34(33,21-14-8-3-9-15-21)22-16-24(27-20-12-6-2-7-13-20)28-25(17-22)29-26-18-23(30-31-26)19-10-4-1-5-11-19/h3,8-9,14-20H,1-2,4-7,10-13H2,(H3,27,28,29,30,31). The van der Waals surface area contributed by atoms with Crippen LogP contribution in [0.15, 0.2) is 58.3 Å². The molecular weight excluding hydrogens is 446 g/mol. The first-order valence-electron chi connectivity index (χ1n) is 12.5. The smallest absolute Gasteiger partial charge is 0.206 e. The summed E-state index contributed by atoms with van der Waals surface area (Å²) < 4.78 is 26.8. The number of pyridine rings is 1. The molecule has 3 N–H and O–H groups in total. The molecule has 7 nitrogen and oxygen atoms in total. The molecule has 2 aliphatic carbocycles. The summed E-state index contributed by atoms with van der Waals surface area (Å²) in [7, 11) is -3.68. The highest BCUT2D eigenvalue weighted by molar-refractivity contribution is 7.91. The topological polar surface area (TPSA) is 99.8 Å². The molecule has 0 atom stereocenters. The predicted molar refractivity (Wildman–Crippen MR) is 134 cm³/mol. The summed E-state index contributed by atoms with van der Waals surface area (Å²) in [5, 5.41) is 14.3. The number of anilines is 3. The second-order valence-electron chi connectivity index (χ2n) is 9.54. The second-order valence-corrected chi connectivity index (χ2v) is 11.5. The van der Waals surface area contributed by atoms with Crippen LogP contribution < -0.4 is 10.6 Å². The molecule has 2 heterocycles. The Balaban J connectivity index is 1.44. The van der Waals surface area contributed by atoms with Gasteiger partial charge in [-0.25, -0.2) is 13.4 Å². The summed E-state index contributed by atoms with van der Waals surface area (Å²) in [5.74, 6) is 2.22. The lowest BCUT2D eigenvalue weighted by Gasteiger charge is -2.23. The molecule has 0 amide bonds. The Kier molecular flexibility index (Phi) is 6.85. The maximum atomic E-state index is 13.4. The average Bonchev–Trinajstić information content (AvgIpc) is 3.34. The van der Waals surface area contributed by atoms with Crippen molar-refractivity contribution in [1.29, 1.82) is 0 Å². The average molecular weight is 480 g/mol. The van der Waals surface area contributed by atoms with Crippen LogP contribution >= 0.6 is 0 Å². The number of aromatic nitrogens is 3. The summed E-state index contributed by atoms with van der Waals surface area (Å²) >= 11 is 0. The molecule has 1 aromatic carbocycles. The summed E-state index contributed by atoms with van der Waals surface area (Å²) in [6, 6.07) is 14.1. The third-order valence-corrected chi connectivity index (χ3v) is 8.77. The molecule has 0 saturated heterocycles. The van der Waals surface area contributed by atoms with Gasteiger partial charge in [0, 0.05) is 29.8 Å². The van der Waals surface area contributed by atoms with Crippen LogP contribution in [-0.2, 0) is 9.84 Å². The highest BCUT2D eigenvalue weighted by Crippen LogP contribution is 2.33. The third kappa shape index (κ3) is 5.27. The third-order valence-electron chi connectivity index (χ3n) is 7.02. The fourth-order valence-corrected chi connectivity index (χ4v) is 6.47. The zero-order valence-electron chi connectivity index (χ0n) is 19.5. The van der Waals surface area contributed by atoms with E-state index in [1.54, 1.807) is 36.4 Å². The van der Waals surface area contributed by atoms with Gasteiger partial charge in [0.25, 0.3) is 0 Å². The number of benzene rings is 1. The Morgan fingerprint density at radius 2 is 1.44 bits per heavy atom. The van der Waals surface area contributed by atoms with E-state index in [0.29, 0.717) is 29.4 Å². The monoisotopic (exact) mass is 479 g/mol. The minimum Gasteiger partial charge on any atom is -0.367 e. The van der Waals surface area contributed by atoms with Crippen molar-refractivity contribution in [2.24, 2.45) is 0 Å². The maximum Gasteiger partial charge on any atom is 0.206 e. The van der Waals surface area contributed by atoms with Crippen LogP contribution in [0.5, 0.6) is 0 Å². The van der Waals surface area contributed by atoms with E-state index in [0.717, 1.165) is 18.5 Å². The number of nitrogens with zero attached hydrogens (tertiary/aromatic N) is 2. The van der Waals surface area contributed by atoms with Crippen molar-refractivity contribution < 1.29 is 8.42 Å². The summed E-state index contributed by atoms with van der Waals surface area (Å²) in [5.41, 5.74) is 1.14. The van der Waals surface area contributed by atoms with Gasteiger partial charge in [0.15, 0.2) is 5.82 Å². The van der Waals surface area contributed by atoms with E-state index in [1.807, 2.05) is 12.1 Å². The molecule has 3 aromatic rings. The van der Waals surface area contributed by atoms with Gasteiger partial charge in [0.1, 0.15) is 11.6 Å². The highest BCUT2D eigenvalue weighted by Gasteiger charge is 2.22. The number of H-pyrrole nitrogens is 1. The van der Waals surface area contributed by atoms with Crippen LogP contribution in [0.4, 0.5) is 17.5 Å². The number of sulfone groups is 1. The van der Waals surface area contributed by atoms with Gasteiger partial charge in [-0.2, -0.15) is 5.10 Å². The molecule has 8 heteroatoms. The number of hydrogen-bond donors (Lipinski definition) is 3. The van der Waals surface area contributed by atoms with Crippen molar-refractivity contribution in [3.63, 3.8) is 0 Å². The first-order valence-corrected chi connectivity index (χ1v) is 14.0. The normalized spacial score (nSPS) is 18.0. The molecule has 0 spiro atoms. The van der Waals surface area contributed by atoms with E-state index in [2.05, 4.69) is 20.8 Å². The van der Waals surface area contributed by atoms with Crippen LogP contribution in [0.1, 0.15) is 75.8 Å². The van der Waals surface area contributed by atoms with Gasteiger partial charge < -0.3 is 10.6 Å². The molecule has 180 valence electrons. The quantitative estimate of drug-likeness (QED) is 0.374. The summed E-state index contributed by atoms with van der Waals surface area (Å²) in [6.07, 6.45) is 11.9. The number of hydrogen-bond acceptors (Lipinski definition) is 6. The fraction of sp³-hybridized carbons (Fsp3) is 0.462. The Morgan fingerprint density at radius 3 is 2.18 bits per heavy atom. The van der Waals surface area contributed by atoms with Gasteiger partial charge >= 0.3 is 0 Å². The first-order chi connectivity index (χ1) is 16.6. The van der Waals surface area contributed by atoms with Crippen LogP contribution in [0, 0.1) is 0 Å².